The first-order valence-electron chi connectivity index (χ1n) is 6.74. The van der Waals surface area contributed by atoms with Gasteiger partial charge in [-0.15, -0.1) is 0 Å². The summed E-state index contributed by atoms with van der Waals surface area (Å²) in [6, 6.07) is 6.35. The summed E-state index contributed by atoms with van der Waals surface area (Å²) in [7, 11) is 0. The molecule has 2 atom stereocenters. The van der Waals surface area contributed by atoms with Crippen molar-refractivity contribution in [1.29, 1.82) is 0 Å². The molecule has 1 heterocycles. The second-order valence-corrected chi connectivity index (χ2v) is 5.72. The molecule has 0 aromatic heterocycles. The second kappa shape index (κ2) is 5.57. The summed E-state index contributed by atoms with van der Waals surface area (Å²) in [5.74, 6) is -0.282. The highest BCUT2D eigenvalue weighted by Gasteiger charge is 2.47. The highest BCUT2D eigenvalue weighted by molar-refractivity contribution is 5.20. The number of nitrogens with two attached hydrogens (primary N) is 1. The number of hydrogen-bond donors (Lipinski definition) is 2. The van der Waals surface area contributed by atoms with Gasteiger partial charge in [0.1, 0.15) is 5.82 Å². The molecular weight excluding hydrogens is 245 g/mol. The molecule has 19 heavy (non-hydrogen) atoms. The zero-order valence-electron chi connectivity index (χ0n) is 11.4. The first-order valence-corrected chi connectivity index (χ1v) is 6.74. The van der Waals surface area contributed by atoms with Crippen LogP contribution < -0.4 is 5.73 Å². The molecule has 1 saturated heterocycles. The van der Waals surface area contributed by atoms with E-state index in [4.69, 9.17) is 10.5 Å². The Morgan fingerprint density at radius 2 is 2.32 bits per heavy atom. The fourth-order valence-corrected chi connectivity index (χ4v) is 2.89. The lowest BCUT2D eigenvalue weighted by atomic mass is 9.67. The maximum absolute atomic E-state index is 13.2. The van der Waals surface area contributed by atoms with Crippen molar-refractivity contribution in [2.75, 3.05) is 19.8 Å². The molecule has 0 saturated carbocycles. The van der Waals surface area contributed by atoms with Gasteiger partial charge in [-0.3, -0.25) is 0 Å². The van der Waals surface area contributed by atoms with E-state index >= 15 is 0 Å². The first-order chi connectivity index (χ1) is 8.99. The Morgan fingerprint density at radius 3 is 2.89 bits per heavy atom. The van der Waals surface area contributed by atoms with E-state index in [2.05, 4.69) is 0 Å². The van der Waals surface area contributed by atoms with Gasteiger partial charge >= 0.3 is 0 Å². The van der Waals surface area contributed by atoms with Crippen LogP contribution in [0.15, 0.2) is 24.3 Å². The minimum Gasteiger partial charge on any atom is -0.389 e. The van der Waals surface area contributed by atoms with Crippen molar-refractivity contribution in [3.05, 3.63) is 35.6 Å². The summed E-state index contributed by atoms with van der Waals surface area (Å²) in [5.41, 5.74) is 5.22. The van der Waals surface area contributed by atoms with Gasteiger partial charge in [-0.25, -0.2) is 4.39 Å². The van der Waals surface area contributed by atoms with Crippen LogP contribution in [0.2, 0.25) is 0 Å². The summed E-state index contributed by atoms with van der Waals surface area (Å²) in [4.78, 5) is 0. The quantitative estimate of drug-likeness (QED) is 0.875. The van der Waals surface area contributed by atoms with Crippen LogP contribution in [-0.2, 0) is 11.2 Å². The summed E-state index contributed by atoms with van der Waals surface area (Å²) in [6.07, 6.45) is 2.12. The summed E-state index contributed by atoms with van der Waals surface area (Å²) >= 11 is 0. The van der Waals surface area contributed by atoms with Crippen molar-refractivity contribution in [3.63, 3.8) is 0 Å². The number of hydrogen-bond acceptors (Lipinski definition) is 3. The van der Waals surface area contributed by atoms with E-state index in [1.807, 2.05) is 6.07 Å². The maximum Gasteiger partial charge on any atom is 0.123 e. The molecule has 4 heteroatoms. The van der Waals surface area contributed by atoms with E-state index in [1.54, 1.807) is 13.0 Å². The average Bonchev–Trinajstić information content (AvgIpc) is 2.39. The predicted molar refractivity (Wildman–Crippen MR) is 72.3 cm³/mol. The van der Waals surface area contributed by atoms with E-state index in [9.17, 15) is 9.50 Å². The number of rotatable bonds is 4. The molecule has 3 nitrogen and oxygen atoms in total. The Kier molecular flexibility index (Phi) is 4.23. The molecule has 0 bridgehead atoms. The second-order valence-electron chi connectivity index (χ2n) is 5.72. The smallest absolute Gasteiger partial charge is 0.123 e. The molecule has 3 N–H and O–H groups in total. The van der Waals surface area contributed by atoms with Gasteiger partial charge in [-0.1, -0.05) is 12.1 Å². The fourth-order valence-electron chi connectivity index (χ4n) is 2.89. The van der Waals surface area contributed by atoms with E-state index < -0.39 is 11.0 Å². The first kappa shape index (κ1) is 14.4. The molecule has 2 unspecified atom stereocenters. The van der Waals surface area contributed by atoms with E-state index in [0.717, 1.165) is 25.0 Å². The Bertz CT molecular complexity index is 428. The normalized spacial score (nSPS) is 26.9. The monoisotopic (exact) mass is 267 g/mol. The third-order valence-corrected chi connectivity index (χ3v) is 4.29. The molecule has 106 valence electrons. The van der Waals surface area contributed by atoms with Gasteiger partial charge < -0.3 is 15.6 Å². The van der Waals surface area contributed by atoms with Crippen molar-refractivity contribution in [2.45, 2.75) is 31.8 Å². The summed E-state index contributed by atoms with van der Waals surface area (Å²) in [5, 5.41) is 10.9. The van der Waals surface area contributed by atoms with E-state index in [0.29, 0.717) is 19.6 Å². The molecule has 0 aliphatic carbocycles. The fraction of sp³-hybridized carbons (Fsp3) is 0.600. The Labute approximate surface area is 113 Å². The standard InChI is InChI=1S/C15H22FNO2/c1-14(18,9-12-4-2-5-13(16)8-12)15(10-17)6-3-7-19-11-15/h2,4-5,8,18H,3,6-7,9-11,17H2,1H3. The number of aliphatic hydroxyl groups is 1. The molecule has 0 radical (unpaired) electrons. The van der Waals surface area contributed by atoms with Gasteiger partial charge in [0.15, 0.2) is 0 Å². The van der Waals surface area contributed by atoms with Crippen molar-refractivity contribution < 1.29 is 14.2 Å². The van der Waals surface area contributed by atoms with Crippen LogP contribution >= 0.6 is 0 Å². The van der Waals surface area contributed by atoms with Gasteiger partial charge in [0, 0.05) is 25.0 Å². The van der Waals surface area contributed by atoms with Crippen molar-refractivity contribution in [1.82, 2.24) is 0 Å². The van der Waals surface area contributed by atoms with Crippen LogP contribution in [0.3, 0.4) is 0 Å². The number of benzene rings is 1. The van der Waals surface area contributed by atoms with Crippen LogP contribution in [0.4, 0.5) is 4.39 Å². The third kappa shape index (κ3) is 2.96. The minimum atomic E-state index is -1.00. The molecule has 1 aliphatic heterocycles. The molecular formula is C15H22FNO2. The molecule has 1 fully saturated rings. The van der Waals surface area contributed by atoms with Crippen molar-refractivity contribution in [2.24, 2.45) is 11.1 Å². The van der Waals surface area contributed by atoms with Crippen LogP contribution in [0.25, 0.3) is 0 Å². The molecule has 1 aromatic carbocycles. The summed E-state index contributed by atoms with van der Waals surface area (Å²) in [6.45, 7) is 3.33. The Hall–Kier alpha value is -0.970. The maximum atomic E-state index is 13.2. The number of ether oxygens (including phenoxy) is 1. The lowest BCUT2D eigenvalue weighted by molar-refractivity contribution is -0.133. The van der Waals surface area contributed by atoms with Crippen LogP contribution in [0.5, 0.6) is 0 Å². The van der Waals surface area contributed by atoms with Gasteiger partial charge in [0.05, 0.1) is 12.2 Å². The lowest BCUT2D eigenvalue weighted by Gasteiger charge is -2.47. The van der Waals surface area contributed by atoms with Crippen LogP contribution in [-0.4, -0.2) is 30.5 Å². The third-order valence-electron chi connectivity index (χ3n) is 4.29. The lowest BCUT2D eigenvalue weighted by Crippen LogP contribution is -2.56. The topological polar surface area (TPSA) is 55.5 Å². The SMILES string of the molecule is CC(O)(Cc1cccc(F)c1)C1(CN)CCCOC1. The molecule has 0 spiro atoms. The zero-order valence-corrected chi connectivity index (χ0v) is 11.4. The van der Waals surface area contributed by atoms with Crippen molar-refractivity contribution >= 4 is 0 Å². The van der Waals surface area contributed by atoms with E-state index in [1.165, 1.54) is 12.1 Å². The van der Waals surface area contributed by atoms with Crippen LogP contribution in [0.1, 0.15) is 25.3 Å². The highest BCUT2D eigenvalue weighted by Crippen LogP contribution is 2.40. The van der Waals surface area contributed by atoms with Gasteiger partial charge in [-0.05, 0) is 37.5 Å². The Morgan fingerprint density at radius 1 is 1.53 bits per heavy atom. The van der Waals surface area contributed by atoms with E-state index in [-0.39, 0.29) is 5.82 Å². The molecule has 1 aromatic rings. The van der Waals surface area contributed by atoms with Gasteiger partial charge in [-0.2, -0.15) is 0 Å². The Balaban J connectivity index is 2.20. The zero-order chi connectivity index (χ0) is 13.9. The highest BCUT2D eigenvalue weighted by atomic mass is 19.1. The predicted octanol–water partition coefficient (Wildman–Crippen LogP) is 1.87. The van der Waals surface area contributed by atoms with Gasteiger partial charge in [0.2, 0.25) is 0 Å². The average molecular weight is 267 g/mol. The minimum absolute atomic E-state index is 0.282. The molecule has 1 aliphatic rings. The summed E-state index contributed by atoms with van der Waals surface area (Å²) < 4.78 is 18.7. The van der Waals surface area contributed by atoms with Crippen molar-refractivity contribution in [3.8, 4) is 0 Å². The molecule has 0 amide bonds. The number of halogens is 1. The van der Waals surface area contributed by atoms with Crippen LogP contribution in [0, 0.1) is 11.2 Å². The molecule has 2 rings (SSSR count). The van der Waals surface area contributed by atoms with Gasteiger partial charge in [0.25, 0.3) is 0 Å². The largest absolute Gasteiger partial charge is 0.389 e.